The molecule has 2 aromatic carbocycles. The largest absolute Gasteiger partial charge is 0.481 e. The summed E-state index contributed by atoms with van der Waals surface area (Å²) in [5, 5.41) is 10.7. The first kappa shape index (κ1) is 20.6. The average molecular weight is 383 g/mol. The summed E-state index contributed by atoms with van der Waals surface area (Å²) >= 11 is 0. The van der Waals surface area contributed by atoms with Gasteiger partial charge in [0.2, 0.25) is 0 Å². The zero-order valence-electron chi connectivity index (χ0n) is 15.8. The third-order valence-electron chi connectivity index (χ3n) is 4.04. The number of nitrogens with one attached hydrogen (secondary N) is 2. The summed E-state index contributed by atoms with van der Waals surface area (Å²) in [6.07, 6.45) is 1.75. The summed E-state index contributed by atoms with van der Waals surface area (Å²) in [6.45, 7) is 5.42. The van der Waals surface area contributed by atoms with Crippen LogP contribution in [-0.4, -0.2) is 22.8 Å². The summed E-state index contributed by atoms with van der Waals surface area (Å²) in [6, 6.07) is 11.4. The van der Waals surface area contributed by atoms with Gasteiger partial charge >= 0.3 is 0 Å². The number of benzene rings is 2. The molecule has 0 radical (unpaired) electrons. The minimum atomic E-state index is -0.818. The Hall–Kier alpha value is -3.68. The number of hydrazine groups is 1. The van der Waals surface area contributed by atoms with Gasteiger partial charge < -0.3 is 4.74 Å². The molecule has 0 aliphatic carbocycles. The number of non-ortho nitro benzene ring substituents is 1. The van der Waals surface area contributed by atoms with Crippen LogP contribution in [0.25, 0.3) is 6.08 Å². The Labute approximate surface area is 162 Å². The molecule has 0 saturated carbocycles. The smallest absolute Gasteiger partial charge is 0.279 e. The van der Waals surface area contributed by atoms with Crippen LogP contribution in [0.1, 0.15) is 23.6 Å². The molecule has 0 heterocycles. The second kappa shape index (κ2) is 9.31. The second-order valence-electron chi connectivity index (χ2n) is 6.12. The van der Waals surface area contributed by atoms with E-state index in [-0.39, 0.29) is 5.69 Å². The van der Waals surface area contributed by atoms with E-state index in [0.717, 1.165) is 17.2 Å². The van der Waals surface area contributed by atoms with Crippen molar-refractivity contribution in [3.05, 3.63) is 75.3 Å². The van der Waals surface area contributed by atoms with Gasteiger partial charge in [0.1, 0.15) is 5.75 Å². The lowest BCUT2D eigenvalue weighted by molar-refractivity contribution is -0.384. The molecular formula is C20H21N3O5. The lowest BCUT2D eigenvalue weighted by Crippen LogP contribution is -2.46. The Bertz CT molecular complexity index is 924. The zero-order valence-corrected chi connectivity index (χ0v) is 15.8. The fourth-order valence-corrected chi connectivity index (χ4v) is 2.28. The second-order valence-corrected chi connectivity index (χ2v) is 6.12. The molecule has 0 aromatic heterocycles. The van der Waals surface area contributed by atoms with Gasteiger partial charge in [-0.2, -0.15) is 0 Å². The van der Waals surface area contributed by atoms with Crippen molar-refractivity contribution in [1.82, 2.24) is 10.9 Å². The molecule has 1 unspecified atom stereocenters. The maximum Gasteiger partial charge on any atom is 0.279 e. The first-order chi connectivity index (χ1) is 13.3. The minimum absolute atomic E-state index is 0.0757. The predicted molar refractivity (Wildman–Crippen MR) is 104 cm³/mol. The van der Waals surface area contributed by atoms with Crippen LogP contribution in [0, 0.1) is 24.0 Å². The topological polar surface area (TPSA) is 111 Å². The molecule has 0 aliphatic rings. The molecule has 1 atom stereocenters. The molecular weight excluding hydrogens is 362 g/mol. The Morgan fingerprint density at radius 2 is 1.86 bits per heavy atom. The number of amides is 2. The number of ether oxygens (including phenoxy) is 1. The third-order valence-corrected chi connectivity index (χ3v) is 4.04. The predicted octanol–water partition coefficient (Wildman–Crippen LogP) is 2.84. The van der Waals surface area contributed by atoms with Crippen LogP contribution >= 0.6 is 0 Å². The molecule has 28 heavy (non-hydrogen) atoms. The van der Waals surface area contributed by atoms with E-state index in [4.69, 9.17) is 4.74 Å². The maximum absolute atomic E-state index is 12.1. The molecule has 0 fully saturated rings. The van der Waals surface area contributed by atoms with Crippen molar-refractivity contribution < 1.29 is 19.2 Å². The van der Waals surface area contributed by atoms with Gasteiger partial charge in [-0.05, 0) is 49.6 Å². The van der Waals surface area contributed by atoms with E-state index in [1.54, 1.807) is 19.1 Å². The van der Waals surface area contributed by atoms with E-state index in [0.29, 0.717) is 11.3 Å². The highest BCUT2D eigenvalue weighted by Crippen LogP contribution is 2.21. The van der Waals surface area contributed by atoms with Crippen LogP contribution < -0.4 is 15.6 Å². The number of hydrogen-bond donors (Lipinski definition) is 2. The number of carbonyl (C=O) groups excluding carboxylic acids is 2. The van der Waals surface area contributed by atoms with Gasteiger partial charge in [0.25, 0.3) is 17.5 Å². The fraction of sp³-hybridized carbons (Fsp3) is 0.200. The van der Waals surface area contributed by atoms with Crippen molar-refractivity contribution in [1.29, 1.82) is 0 Å². The monoisotopic (exact) mass is 383 g/mol. The lowest BCUT2D eigenvalue weighted by atomic mass is 10.1. The van der Waals surface area contributed by atoms with Crippen LogP contribution in [0.5, 0.6) is 5.75 Å². The standard InChI is InChI=1S/C20H21N3O5/c1-13-6-4-9-18(14(13)2)28-15(3)20(25)22-21-19(24)11-10-16-7-5-8-17(12-16)23(26)27/h4-12,15H,1-3H3,(H,21,24)(H,22,25)/b11-10+. The lowest BCUT2D eigenvalue weighted by Gasteiger charge is -2.17. The number of rotatable bonds is 6. The van der Waals surface area contributed by atoms with Crippen LogP contribution in [0.2, 0.25) is 0 Å². The molecule has 0 aliphatic heterocycles. The zero-order chi connectivity index (χ0) is 20.7. The molecule has 2 N–H and O–H groups in total. The first-order valence-electron chi connectivity index (χ1n) is 8.53. The SMILES string of the molecule is Cc1cccc(OC(C)C(=O)NNC(=O)/C=C/c2cccc([N+](=O)[O-])c2)c1C. The molecule has 0 saturated heterocycles. The van der Waals surface area contributed by atoms with Gasteiger partial charge in [0.05, 0.1) is 4.92 Å². The van der Waals surface area contributed by atoms with Crippen LogP contribution in [0.15, 0.2) is 48.5 Å². The number of nitrogens with zero attached hydrogens (tertiary/aromatic N) is 1. The number of nitro groups is 1. The third kappa shape index (κ3) is 5.66. The molecule has 8 heteroatoms. The summed E-state index contributed by atoms with van der Waals surface area (Å²) < 4.78 is 5.64. The van der Waals surface area contributed by atoms with Crippen molar-refractivity contribution in [3.63, 3.8) is 0 Å². The number of nitro benzene ring substituents is 1. The van der Waals surface area contributed by atoms with Gasteiger partial charge in [-0.15, -0.1) is 0 Å². The van der Waals surface area contributed by atoms with Gasteiger partial charge in [0, 0.05) is 18.2 Å². The Morgan fingerprint density at radius 3 is 2.57 bits per heavy atom. The van der Waals surface area contributed by atoms with E-state index in [2.05, 4.69) is 10.9 Å². The van der Waals surface area contributed by atoms with Crippen molar-refractivity contribution in [2.24, 2.45) is 0 Å². The maximum atomic E-state index is 12.1. The van der Waals surface area contributed by atoms with Crippen LogP contribution in [-0.2, 0) is 9.59 Å². The quantitative estimate of drug-likeness (QED) is 0.453. The fourth-order valence-electron chi connectivity index (χ4n) is 2.28. The highest BCUT2D eigenvalue weighted by Gasteiger charge is 2.16. The van der Waals surface area contributed by atoms with Crippen molar-refractivity contribution in [2.45, 2.75) is 26.9 Å². The van der Waals surface area contributed by atoms with Crippen molar-refractivity contribution in [3.8, 4) is 5.75 Å². The molecule has 0 spiro atoms. The minimum Gasteiger partial charge on any atom is -0.481 e. The first-order valence-corrected chi connectivity index (χ1v) is 8.53. The molecule has 2 rings (SSSR count). The van der Waals surface area contributed by atoms with Crippen LogP contribution in [0.3, 0.4) is 0 Å². The summed E-state index contributed by atoms with van der Waals surface area (Å²) in [4.78, 5) is 34.2. The Morgan fingerprint density at radius 1 is 1.14 bits per heavy atom. The molecule has 0 bridgehead atoms. The van der Waals surface area contributed by atoms with Gasteiger partial charge in [0.15, 0.2) is 6.10 Å². The normalized spacial score (nSPS) is 11.7. The van der Waals surface area contributed by atoms with Crippen LogP contribution in [0.4, 0.5) is 5.69 Å². The summed E-state index contributed by atoms with van der Waals surface area (Å²) in [5.41, 5.74) is 6.92. The Kier molecular flexibility index (Phi) is 6.86. The average Bonchev–Trinajstić information content (AvgIpc) is 2.68. The van der Waals surface area contributed by atoms with E-state index in [1.807, 2.05) is 26.0 Å². The number of aryl methyl sites for hydroxylation is 1. The number of hydrogen-bond acceptors (Lipinski definition) is 5. The van der Waals surface area contributed by atoms with E-state index < -0.39 is 22.8 Å². The number of carbonyl (C=O) groups is 2. The van der Waals surface area contributed by atoms with Gasteiger partial charge in [-0.3, -0.25) is 30.6 Å². The summed E-state index contributed by atoms with van der Waals surface area (Å²) in [7, 11) is 0. The van der Waals surface area contributed by atoms with Crippen molar-refractivity contribution in [2.75, 3.05) is 0 Å². The highest BCUT2D eigenvalue weighted by molar-refractivity contribution is 5.93. The van der Waals surface area contributed by atoms with Crippen molar-refractivity contribution >= 4 is 23.6 Å². The molecule has 8 nitrogen and oxygen atoms in total. The molecule has 2 aromatic rings. The molecule has 146 valence electrons. The van der Waals surface area contributed by atoms with Gasteiger partial charge in [-0.25, -0.2) is 0 Å². The van der Waals surface area contributed by atoms with E-state index >= 15 is 0 Å². The molecule has 2 amide bonds. The summed E-state index contributed by atoms with van der Waals surface area (Å²) in [5.74, 6) is -0.503. The Balaban J connectivity index is 1.87. The van der Waals surface area contributed by atoms with E-state index in [9.17, 15) is 19.7 Å². The van der Waals surface area contributed by atoms with E-state index in [1.165, 1.54) is 24.3 Å². The van der Waals surface area contributed by atoms with Gasteiger partial charge in [-0.1, -0.05) is 24.3 Å². The highest BCUT2D eigenvalue weighted by atomic mass is 16.6.